The van der Waals surface area contributed by atoms with E-state index in [4.69, 9.17) is 16.2 Å². The molecule has 6 heteroatoms. The van der Waals surface area contributed by atoms with E-state index >= 15 is 0 Å². The SMILES string of the molecule is O=S(=O)(O)c1ccc(Cl)cc1.[H-].[Na+]. The van der Waals surface area contributed by atoms with Gasteiger partial charge >= 0.3 is 29.6 Å². The van der Waals surface area contributed by atoms with Gasteiger partial charge in [0, 0.05) is 5.02 Å². The van der Waals surface area contributed by atoms with Crippen molar-refractivity contribution in [3.05, 3.63) is 29.3 Å². The Morgan fingerprint density at radius 2 is 1.67 bits per heavy atom. The fourth-order valence-electron chi connectivity index (χ4n) is 0.607. The van der Waals surface area contributed by atoms with Crippen LogP contribution in [0, 0.1) is 0 Å². The zero-order valence-corrected chi connectivity index (χ0v) is 9.93. The third kappa shape index (κ3) is 3.43. The van der Waals surface area contributed by atoms with Crippen LogP contribution in [0.3, 0.4) is 0 Å². The molecule has 0 radical (unpaired) electrons. The molecule has 0 aliphatic rings. The molecule has 1 rings (SSSR count). The van der Waals surface area contributed by atoms with E-state index in [0.29, 0.717) is 5.02 Å². The molecule has 0 amide bonds. The minimum atomic E-state index is -4.08. The largest absolute Gasteiger partial charge is 1.00 e. The van der Waals surface area contributed by atoms with Crippen LogP contribution in [-0.2, 0) is 10.1 Å². The molecule has 0 aromatic heterocycles. The van der Waals surface area contributed by atoms with Gasteiger partial charge in [0.1, 0.15) is 0 Å². The van der Waals surface area contributed by atoms with E-state index in [-0.39, 0.29) is 35.9 Å². The first-order valence-corrected chi connectivity index (χ1v) is 4.55. The minimum Gasteiger partial charge on any atom is -1.00 e. The first kappa shape index (κ1) is 12.4. The van der Waals surface area contributed by atoms with Gasteiger partial charge < -0.3 is 1.43 Å². The summed E-state index contributed by atoms with van der Waals surface area (Å²) < 4.78 is 29.4. The predicted octanol–water partition coefficient (Wildman–Crippen LogP) is -1.30. The van der Waals surface area contributed by atoms with Gasteiger partial charge in [0.05, 0.1) is 4.90 Å². The van der Waals surface area contributed by atoms with E-state index in [1.165, 1.54) is 24.3 Å². The van der Waals surface area contributed by atoms with Crippen molar-refractivity contribution in [3.8, 4) is 0 Å². The molecule has 0 unspecified atom stereocenters. The molecule has 1 N–H and O–H groups in total. The first-order valence-electron chi connectivity index (χ1n) is 2.73. The Morgan fingerprint density at radius 1 is 1.25 bits per heavy atom. The minimum absolute atomic E-state index is 0. The van der Waals surface area contributed by atoms with E-state index in [2.05, 4.69) is 0 Å². The molecule has 0 fully saturated rings. The standard InChI is InChI=1S/C6H5ClO3S.Na.H/c7-5-1-3-6(4-2-5)11(8,9)10;;/h1-4H,(H,8,9,10);;/q;+1;-1. The molecular formula is C6H6ClNaO3S. The summed E-state index contributed by atoms with van der Waals surface area (Å²) >= 11 is 5.49. The second kappa shape index (κ2) is 4.60. The molecule has 0 saturated carbocycles. The van der Waals surface area contributed by atoms with E-state index < -0.39 is 10.1 Å². The molecule has 1 aromatic rings. The Labute approximate surface area is 99.3 Å². The molecule has 1 aromatic carbocycles. The maximum absolute atomic E-state index is 10.5. The number of benzene rings is 1. The summed E-state index contributed by atoms with van der Waals surface area (Å²) in [6.07, 6.45) is 0. The molecule has 0 atom stereocenters. The Hall–Kier alpha value is 0.420. The van der Waals surface area contributed by atoms with Crippen molar-refractivity contribution < 1.29 is 44.0 Å². The van der Waals surface area contributed by atoms with Gasteiger partial charge in [-0.15, -0.1) is 0 Å². The van der Waals surface area contributed by atoms with Crippen LogP contribution in [0.15, 0.2) is 29.2 Å². The quantitative estimate of drug-likeness (QED) is 0.469. The number of halogens is 1. The molecule has 3 nitrogen and oxygen atoms in total. The fraction of sp³-hybridized carbons (Fsp3) is 0. The number of hydrogen-bond donors (Lipinski definition) is 1. The average Bonchev–Trinajstić information content (AvgIpc) is 1.86. The van der Waals surface area contributed by atoms with Crippen LogP contribution in [0.4, 0.5) is 0 Å². The molecular weight excluding hydrogens is 211 g/mol. The van der Waals surface area contributed by atoms with Gasteiger partial charge in [0.25, 0.3) is 10.1 Å². The predicted molar refractivity (Wildman–Crippen MR) is 42.4 cm³/mol. The van der Waals surface area contributed by atoms with Crippen molar-refractivity contribution in [2.75, 3.05) is 0 Å². The molecule has 0 saturated heterocycles. The summed E-state index contributed by atoms with van der Waals surface area (Å²) in [4.78, 5) is -0.151. The maximum atomic E-state index is 10.5. The van der Waals surface area contributed by atoms with Crippen molar-refractivity contribution in [2.45, 2.75) is 4.90 Å². The van der Waals surface area contributed by atoms with Crippen molar-refractivity contribution in [2.24, 2.45) is 0 Å². The smallest absolute Gasteiger partial charge is 1.00 e. The van der Waals surface area contributed by atoms with Gasteiger partial charge in [-0.25, -0.2) is 0 Å². The van der Waals surface area contributed by atoms with Gasteiger partial charge in [-0.1, -0.05) is 11.6 Å². The van der Waals surface area contributed by atoms with Gasteiger partial charge in [0.2, 0.25) is 0 Å². The molecule has 0 bridgehead atoms. The van der Waals surface area contributed by atoms with Crippen LogP contribution < -0.4 is 29.6 Å². The molecule has 62 valence electrons. The van der Waals surface area contributed by atoms with Gasteiger partial charge in [-0.05, 0) is 24.3 Å². The molecule has 0 aliphatic heterocycles. The van der Waals surface area contributed by atoms with Crippen molar-refractivity contribution in [1.29, 1.82) is 0 Å². The summed E-state index contributed by atoms with van der Waals surface area (Å²) in [7, 11) is -4.08. The van der Waals surface area contributed by atoms with Gasteiger partial charge in [-0.3, -0.25) is 4.55 Å². The van der Waals surface area contributed by atoms with Crippen LogP contribution in [0.25, 0.3) is 0 Å². The van der Waals surface area contributed by atoms with E-state index in [1.807, 2.05) is 0 Å². The summed E-state index contributed by atoms with van der Waals surface area (Å²) in [6, 6.07) is 5.25. The van der Waals surface area contributed by atoms with E-state index in [9.17, 15) is 8.42 Å². The topological polar surface area (TPSA) is 54.4 Å². The zero-order chi connectivity index (χ0) is 8.48. The Morgan fingerprint density at radius 3 is 2.00 bits per heavy atom. The molecule has 0 spiro atoms. The Balaban J connectivity index is 0. The Kier molecular flexibility index (Phi) is 4.76. The maximum Gasteiger partial charge on any atom is 1.00 e. The fourth-order valence-corrected chi connectivity index (χ4v) is 1.21. The second-order valence-corrected chi connectivity index (χ2v) is 3.79. The summed E-state index contributed by atoms with van der Waals surface area (Å²) in [5, 5.41) is 0.428. The van der Waals surface area contributed by atoms with Crippen molar-refractivity contribution in [1.82, 2.24) is 0 Å². The van der Waals surface area contributed by atoms with Crippen molar-refractivity contribution in [3.63, 3.8) is 0 Å². The van der Waals surface area contributed by atoms with Crippen LogP contribution in [-0.4, -0.2) is 13.0 Å². The summed E-state index contributed by atoms with van der Waals surface area (Å²) in [5.41, 5.74) is 0. The van der Waals surface area contributed by atoms with Crippen LogP contribution >= 0.6 is 11.6 Å². The summed E-state index contributed by atoms with van der Waals surface area (Å²) in [5.74, 6) is 0. The molecule has 0 aliphatic carbocycles. The Bertz CT molecular complexity index is 351. The average molecular weight is 217 g/mol. The van der Waals surface area contributed by atoms with Crippen molar-refractivity contribution >= 4 is 21.7 Å². The van der Waals surface area contributed by atoms with Gasteiger partial charge in [0.15, 0.2) is 0 Å². The zero-order valence-electron chi connectivity index (χ0n) is 7.36. The van der Waals surface area contributed by atoms with E-state index in [1.54, 1.807) is 0 Å². The van der Waals surface area contributed by atoms with Gasteiger partial charge in [-0.2, -0.15) is 8.42 Å². The monoisotopic (exact) mass is 216 g/mol. The van der Waals surface area contributed by atoms with Crippen LogP contribution in [0.5, 0.6) is 0 Å². The third-order valence-corrected chi connectivity index (χ3v) is 2.23. The number of hydrogen-bond acceptors (Lipinski definition) is 2. The molecule has 12 heavy (non-hydrogen) atoms. The first-order chi connectivity index (χ1) is 5.00. The number of rotatable bonds is 1. The second-order valence-electron chi connectivity index (χ2n) is 1.93. The normalized spacial score (nSPS) is 10.5. The third-order valence-electron chi connectivity index (χ3n) is 1.11. The van der Waals surface area contributed by atoms with E-state index in [0.717, 1.165) is 0 Å². The molecule has 0 heterocycles. The summed E-state index contributed by atoms with van der Waals surface area (Å²) in [6.45, 7) is 0. The van der Waals surface area contributed by atoms with Crippen LogP contribution in [0.1, 0.15) is 1.43 Å². The van der Waals surface area contributed by atoms with Crippen LogP contribution in [0.2, 0.25) is 5.02 Å².